The van der Waals surface area contributed by atoms with Crippen LogP contribution in [0.1, 0.15) is 42.3 Å². The van der Waals surface area contributed by atoms with Gasteiger partial charge in [0.15, 0.2) is 5.76 Å². The monoisotopic (exact) mass is 402 g/mol. The van der Waals surface area contributed by atoms with Crippen molar-refractivity contribution < 1.29 is 18.4 Å². The van der Waals surface area contributed by atoms with E-state index in [4.69, 9.17) is 13.6 Å². The van der Waals surface area contributed by atoms with Gasteiger partial charge in [-0.3, -0.25) is 4.79 Å². The van der Waals surface area contributed by atoms with E-state index in [-0.39, 0.29) is 16.9 Å². The van der Waals surface area contributed by atoms with Gasteiger partial charge in [0.2, 0.25) is 16.9 Å². The topological polar surface area (TPSA) is 69.7 Å². The predicted molar refractivity (Wildman–Crippen MR) is 115 cm³/mol. The summed E-state index contributed by atoms with van der Waals surface area (Å²) in [6.07, 6.45) is 1.46. The number of carbonyl (C=O) groups excluding carboxylic acids is 1. The Bertz CT molecular complexity index is 1270. The molecule has 0 unspecified atom stereocenters. The van der Waals surface area contributed by atoms with E-state index in [1.54, 1.807) is 36.4 Å². The first kappa shape index (κ1) is 19.7. The van der Waals surface area contributed by atoms with Crippen molar-refractivity contribution in [2.75, 3.05) is 0 Å². The molecule has 30 heavy (non-hydrogen) atoms. The molecule has 0 saturated carbocycles. The molecule has 0 fully saturated rings. The van der Waals surface area contributed by atoms with Crippen LogP contribution in [-0.4, -0.2) is 5.97 Å². The average molecular weight is 402 g/mol. The number of aryl methyl sites for hydroxylation is 1. The van der Waals surface area contributed by atoms with Gasteiger partial charge in [0.25, 0.3) is 0 Å². The highest BCUT2D eigenvalue weighted by atomic mass is 16.5. The van der Waals surface area contributed by atoms with Gasteiger partial charge in [0.05, 0.1) is 17.2 Å². The molecule has 5 heteroatoms. The molecule has 0 amide bonds. The minimum atomic E-state index is -0.637. The highest BCUT2D eigenvalue weighted by Crippen LogP contribution is 2.32. The number of hydrogen-bond acceptors (Lipinski definition) is 5. The SMILES string of the molecule is Cc1ccc2oc(-c3ccco3)c(OC(=O)c3ccc(C(C)(C)C)cc3)c(=O)c2c1. The van der Waals surface area contributed by atoms with Crippen molar-refractivity contribution in [1.82, 2.24) is 0 Å². The fourth-order valence-electron chi connectivity index (χ4n) is 3.21. The number of esters is 1. The summed E-state index contributed by atoms with van der Waals surface area (Å²) in [4.78, 5) is 26.0. The Kier molecular flexibility index (Phi) is 4.82. The first-order valence-corrected chi connectivity index (χ1v) is 9.68. The van der Waals surface area contributed by atoms with Gasteiger partial charge in [-0.2, -0.15) is 0 Å². The van der Waals surface area contributed by atoms with E-state index in [0.29, 0.717) is 22.3 Å². The third-order valence-corrected chi connectivity index (χ3v) is 4.93. The summed E-state index contributed by atoms with van der Waals surface area (Å²) >= 11 is 0. The first-order valence-electron chi connectivity index (χ1n) is 9.68. The van der Waals surface area contributed by atoms with Crippen LogP contribution in [0.5, 0.6) is 5.75 Å². The van der Waals surface area contributed by atoms with E-state index in [1.165, 1.54) is 6.26 Å². The number of ether oxygens (including phenoxy) is 1. The van der Waals surface area contributed by atoms with Crippen molar-refractivity contribution in [2.24, 2.45) is 0 Å². The average Bonchev–Trinajstić information content (AvgIpc) is 3.24. The van der Waals surface area contributed by atoms with E-state index in [1.807, 2.05) is 25.1 Å². The van der Waals surface area contributed by atoms with Gasteiger partial charge in [-0.05, 0) is 54.3 Å². The molecule has 0 aliphatic rings. The lowest BCUT2D eigenvalue weighted by molar-refractivity contribution is 0.0731. The highest BCUT2D eigenvalue weighted by molar-refractivity contribution is 5.92. The molecule has 0 radical (unpaired) electrons. The summed E-state index contributed by atoms with van der Waals surface area (Å²) in [5.74, 6) is -0.433. The molecule has 0 N–H and O–H groups in total. The van der Waals surface area contributed by atoms with E-state index < -0.39 is 11.4 Å². The normalized spacial score (nSPS) is 11.6. The van der Waals surface area contributed by atoms with Gasteiger partial charge < -0.3 is 13.6 Å². The highest BCUT2D eigenvalue weighted by Gasteiger charge is 2.23. The van der Waals surface area contributed by atoms with Gasteiger partial charge in [-0.1, -0.05) is 44.5 Å². The molecule has 0 spiro atoms. The molecular weight excluding hydrogens is 380 g/mol. The van der Waals surface area contributed by atoms with E-state index >= 15 is 0 Å². The minimum absolute atomic E-state index is 0.0356. The molecule has 0 saturated heterocycles. The second kappa shape index (κ2) is 7.34. The van der Waals surface area contributed by atoms with Crippen LogP contribution in [-0.2, 0) is 5.41 Å². The molecule has 2 heterocycles. The summed E-state index contributed by atoms with van der Waals surface area (Å²) in [6.45, 7) is 8.16. The van der Waals surface area contributed by atoms with Crippen LogP contribution < -0.4 is 10.2 Å². The zero-order valence-corrected chi connectivity index (χ0v) is 17.3. The zero-order chi connectivity index (χ0) is 21.5. The van der Waals surface area contributed by atoms with Crippen LogP contribution in [0.3, 0.4) is 0 Å². The molecule has 0 atom stereocenters. The molecule has 152 valence electrons. The Balaban J connectivity index is 1.79. The lowest BCUT2D eigenvalue weighted by Gasteiger charge is -2.19. The van der Waals surface area contributed by atoms with Gasteiger partial charge in [-0.25, -0.2) is 4.79 Å². The fraction of sp³-hybridized carbons (Fsp3) is 0.200. The molecule has 2 aromatic carbocycles. The molecular formula is C25H22O5. The lowest BCUT2D eigenvalue weighted by atomic mass is 9.87. The largest absolute Gasteiger partial charge is 0.461 e. The van der Waals surface area contributed by atoms with Crippen LogP contribution in [0.15, 0.2) is 74.5 Å². The molecule has 5 nitrogen and oxygen atoms in total. The number of benzene rings is 2. The summed E-state index contributed by atoms with van der Waals surface area (Å²) in [5, 5.41) is 0.344. The van der Waals surface area contributed by atoms with Gasteiger partial charge in [-0.15, -0.1) is 0 Å². The smallest absolute Gasteiger partial charge is 0.343 e. The molecule has 0 bridgehead atoms. The zero-order valence-electron chi connectivity index (χ0n) is 17.3. The Morgan fingerprint density at radius 1 is 1.00 bits per heavy atom. The number of rotatable bonds is 3. The molecule has 0 aliphatic heterocycles. The summed E-state index contributed by atoms with van der Waals surface area (Å²) in [6, 6.07) is 15.8. The Hall–Kier alpha value is -3.60. The molecule has 4 aromatic rings. The molecule has 0 aliphatic carbocycles. The second-order valence-electron chi connectivity index (χ2n) is 8.28. The van der Waals surface area contributed by atoms with Crippen molar-refractivity contribution in [3.63, 3.8) is 0 Å². The minimum Gasteiger partial charge on any atom is -0.461 e. The van der Waals surface area contributed by atoms with E-state index in [0.717, 1.165) is 11.1 Å². The standard InChI is InChI=1S/C25H22O5/c1-15-7-12-19-18(14-15)21(26)23(22(29-19)20-6-5-13-28-20)30-24(27)16-8-10-17(11-9-16)25(2,3)4/h5-14H,1-4H3. The number of furan rings is 1. The maximum atomic E-state index is 13.2. The molecule has 2 aromatic heterocycles. The van der Waals surface area contributed by atoms with Gasteiger partial charge >= 0.3 is 5.97 Å². The number of carbonyl (C=O) groups is 1. The third kappa shape index (κ3) is 3.66. The van der Waals surface area contributed by atoms with Crippen LogP contribution in [0, 0.1) is 6.92 Å². The van der Waals surface area contributed by atoms with Gasteiger partial charge in [0, 0.05) is 0 Å². The van der Waals surface area contributed by atoms with E-state index in [2.05, 4.69) is 20.8 Å². The van der Waals surface area contributed by atoms with Crippen molar-refractivity contribution in [1.29, 1.82) is 0 Å². The summed E-state index contributed by atoms with van der Waals surface area (Å²) in [5.41, 5.74) is 2.27. The van der Waals surface area contributed by atoms with Crippen LogP contribution in [0.25, 0.3) is 22.5 Å². The van der Waals surface area contributed by atoms with Crippen molar-refractivity contribution >= 4 is 16.9 Å². The maximum Gasteiger partial charge on any atom is 0.343 e. The second-order valence-corrected chi connectivity index (χ2v) is 8.28. The quantitative estimate of drug-likeness (QED) is 0.400. The van der Waals surface area contributed by atoms with Crippen LogP contribution in [0.2, 0.25) is 0 Å². The molecule has 4 rings (SSSR count). The van der Waals surface area contributed by atoms with Crippen LogP contribution >= 0.6 is 0 Å². The van der Waals surface area contributed by atoms with E-state index in [9.17, 15) is 9.59 Å². The third-order valence-electron chi connectivity index (χ3n) is 4.93. The number of fused-ring (bicyclic) bond motifs is 1. The summed E-state index contributed by atoms with van der Waals surface area (Å²) < 4.78 is 16.9. The van der Waals surface area contributed by atoms with Crippen LogP contribution in [0.4, 0.5) is 0 Å². The predicted octanol–water partition coefficient (Wildman–Crippen LogP) is 5.88. The van der Waals surface area contributed by atoms with Crippen molar-refractivity contribution in [2.45, 2.75) is 33.1 Å². The Morgan fingerprint density at radius 3 is 2.37 bits per heavy atom. The Labute approximate surface area is 173 Å². The summed E-state index contributed by atoms with van der Waals surface area (Å²) in [7, 11) is 0. The number of hydrogen-bond donors (Lipinski definition) is 0. The maximum absolute atomic E-state index is 13.2. The lowest BCUT2D eigenvalue weighted by Crippen LogP contribution is -2.17. The van der Waals surface area contributed by atoms with Crippen molar-refractivity contribution in [3.8, 4) is 17.3 Å². The van der Waals surface area contributed by atoms with Gasteiger partial charge in [0.1, 0.15) is 5.58 Å². The Morgan fingerprint density at radius 2 is 1.73 bits per heavy atom. The first-order chi connectivity index (χ1) is 14.2. The van der Waals surface area contributed by atoms with Crippen molar-refractivity contribution in [3.05, 3.63) is 87.8 Å². The fourth-order valence-corrected chi connectivity index (χ4v) is 3.21.